The second-order valence-electron chi connectivity index (χ2n) is 9.42. The summed E-state index contributed by atoms with van der Waals surface area (Å²) in [5.74, 6) is -1.14. The Bertz CT molecular complexity index is 1570. The van der Waals surface area contributed by atoms with Crippen LogP contribution in [0.2, 0.25) is 5.02 Å². The van der Waals surface area contributed by atoms with Crippen molar-refractivity contribution in [2.24, 2.45) is 0 Å². The van der Waals surface area contributed by atoms with Gasteiger partial charge in [0, 0.05) is 54.6 Å². The number of halogens is 3. The lowest BCUT2D eigenvalue weighted by Crippen LogP contribution is -2.48. The summed E-state index contributed by atoms with van der Waals surface area (Å²) in [6.07, 6.45) is 2.72. The molecule has 210 valence electrons. The topological polar surface area (TPSA) is 90.5 Å². The summed E-state index contributed by atoms with van der Waals surface area (Å²) in [6.45, 7) is 12.1. The van der Waals surface area contributed by atoms with Gasteiger partial charge in [-0.3, -0.25) is 9.89 Å². The highest BCUT2D eigenvalue weighted by atomic mass is 35.5. The van der Waals surface area contributed by atoms with E-state index < -0.39 is 11.6 Å². The van der Waals surface area contributed by atoms with Crippen LogP contribution in [0.25, 0.3) is 32.9 Å². The van der Waals surface area contributed by atoms with E-state index in [-0.39, 0.29) is 33.6 Å². The molecule has 0 unspecified atom stereocenters. The van der Waals surface area contributed by atoms with Gasteiger partial charge in [0.2, 0.25) is 5.91 Å². The SMILES string of the molecule is C=CC(=O)N1CCN(c2nc(OCCN(CC)CC)nc3c(F)c(-c4c(F)ccc5[nH]ncc45)c(Cl)cc23)CC1. The fourth-order valence-corrected chi connectivity index (χ4v) is 5.30. The summed E-state index contributed by atoms with van der Waals surface area (Å²) >= 11 is 6.65. The Hall–Kier alpha value is -3.83. The predicted molar refractivity (Wildman–Crippen MR) is 152 cm³/mol. The van der Waals surface area contributed by atoms with Crippen LogP contribution < -0.4 is 9.64 Å². The van der Waals surface area contributed by atoms with Crippen LogP contribution in [-0.4, -0.2) is 88.3 Å². The van der Waals surface area contributed by atoms with Crippen molar-refractivity contribution in [3.05, 3.63) is 53.7 Å². The Morgan fingerprint density at radius 3 is 2.60 bits per heavy atom. The monoisotopic (exact) mass is 569 g/mol. The molecule has 4 aromatic rings. The van der Waals surface area contributed by atoms with Crippen molar-refractivity contribution in [3.63, 3.8) is 0 Å². The molecule has 0 radical (unpaired) electrons. The molecule has 0 spiro atoms. The number of hydrogen-bond donors (Lipinski definition) is 1. The minimum Gasteiger partial charge on any atom is -0.462 e. The van der Waals surface area contributed by atoms with Crippen LogP contribution in [0.5, 0.6) is 6.01 Å². The molecule has 0 atom stereocenters. The fourth-order valence-electron chi connectivity index (χ4n) is 5.01. The zero-order valence-corrected chi connectivity index (χ0v) is 23.1. The summed E-state index contributed by atoms with van der Waals surface area (Å²) in [5.41, 5.74) is 0.393. The Kier molecular flexibility index (Phi) is 8.13. The molecule has 1 aliphatic rings. The number of fused-ring (bicyclic) bond motifs is 2. The Balaban J connectivity index is 1.62. The Morgan fingerprint density at radius 2 is 1.90 bits per heavy atom. The lowest BCUT2D eigenvalue weighted by Gasteiger charge is -2.35. The molecule has 40 heavy (non-hydrogen) atoms. The molecule has 5 rings (SSSR count). The Morgan fingerprint density at radius 1 is 1.15 bits per heavy atom. The highest BCUT2D eigenvalue weighted by Crippen LogP contribution is 2.42. The zero-order chi connectivity index (χ0) is 28.4. The van der Waals surface area contributed by atoms with Gasteiger partial charge < -0.3 is 19.4 Å². The standard InChI is InChI=1S/C28H30ClF2N7O2/c1-4-22(39)37-9-11-38(12-10-37)27-17-15-19(29)24(23-18-16-32-35-21(18)8-7-20(23)30)25(31)26(17)33-28(34-27)40-14-13-36(5-2)6-3/h4,7-8,15-16H,1,5-6,9-14H2,2-3H3,(H,32,35). The smallest absolute Gasteiger partial charge is 0.319 e. The minimum atomic E-state index is -0.784. The summed E-state index contributed by atoms with van der Waals surface area (Å²) in [5, 5.41) is 7.53. The molecule has 12 heteroatoms. The van der Waals surface area contributed by atoms with Gasteiger partial charge in [0.05, 0.1) is 16.7 Å². The summed E-state index contributed by atoms with van der Waals surface area (Å²) in [4.78, 5) is 27.0. The minimum absolute atomic E-state index is 0.00336. The maximum Gasteiger partial charge on any atom is 0.319 e. The van der Waals surface area contributed by atoms with E-state index in [2.05, 4.69) is 45.5 Å². The number of ether oxygens (including phenoxy) is 1. The van der Waals surface area contributed by atoms with E-state index in [1.165, 1.54) is 24.4 Å². The van der Waals surface area contributed by atoms with Gasteiger partial charge in [-0.1, -0.05) is 32.0 Å². The van der Waals surface area contributed by atoms with Crippen molar-refractivity contribution in [2.75, 3.05) is 57.3 Å². The number of nitrogens with zero attached hydrogens (tertiary/aromatic N) is 6. The number of likely N-dealkylation sites (N-methyl/N-ethyl adjacent to an activating group) is 1. The highest BCUT2D eigenvalue weighted by molar-refractivity contribution is 6.35. The number of rotatable bonds is 9. The van der Waals surface area contributed by atoms with Crippen LogP contribution in [0.4, 0.5) is 14.6 Å². The van der Waals surface area contributed by atoms with E-state index in [1.54, 1.807) is 11.0 Å². The van der Waals surface area contributed by atoms with Crippen LogP contribution in [0.1, 0.15) is 13.8 Å². The van der Waals surface area contributed by atoms with Crippen LogP contribution in [0.15, 0.2) is 37.1 Å². The number of aromatic nitrogens is 4. The van der Waals surface area contributed by atoms with Gasteiger partial charge in [-0.05, 0) is 37.4 Å². The van der Waals surface area contributed by atoms with Gasteiger partial charge in [0.25, 0.3) is 0 Å². The van der Waals surface area contributed by atoms with Crippen LogP contribution in [0, 0.1) is 11.6 Å². The largest absolute Gasteiger partial charge is 0.462 e. The molecular weight excluding hydrogens is 540 g/mol. The molecule has 1 fully saturated rings. The second kappa shape index (κ2) is 11.7. The van der Waals surface area contributed by atoms with Gasteiger partial charge >= 0.3 is 6.01 Å². The number of aromatic amines is 1. The third kappa shape index (κ3) is 5.18. The van der Waals surface area contributed by atoms with Crippen LogP contribution in [-0.2, 0) is 4.79 Å². The average molecular weight is 570 g/mol. The van der Waals surface area contributed by atoms with Crippen molar-refractivity contribution >= 4 is 45.1 Å². The van der Waals surface area contributed by atoms with E-state index in [4.69, 9.17) is 16.3 Å². The normalized spacial score (nSPS) is 13.9. The number of carbonyl (C=O) groups excluding carboxylic acids is 1. The van der Waals surface area contributed by atoms with Crippen molar-refractivity contribution < 1.29 is 18.3 Å². The van der Waals surface area contributed by atoms with Crippen molar-refractivity contribution in [2.45, 2.75) is 13.8 Å². The molecule has 9 nitrogen and oxygen atoms in total. The van der Waals surface area contributed by atoms with Crippen LogP contribution in [0.3, 0.4) is 0 Å². The summed E-state index contributed by atoms with van der Waals surface area (Å²) in [6, 6.07) is 4.34. The number of piperazine rings is 1. The fraction of sp³-hybridized carbons (Fsp3) is 0.357. The summed E-state index contributed by atoms with van der Waals surface area (Å²) in [7, 11) is 0. The summed E-state index contributed by atoms with van der Waals surface area (Å²) < 4.78 is 37.5. The van der Waals surface area contributed by atoms with E-state index in [1.807, 2.05) is 4.90 Å². The van der Waals surface area contributed by atoms with Crippen molar-refractivity contribution in [1.29, 1.82) is 0 Å². The molecular formula is C28H30ClF2N7O2. The number of H-pyrrole nitrogens is 1. The maximum absolute atomic E-state index is 16.4. The first-order valence-electron chi connectivity index (χ1n) is 13.2. The quantitative estimate of drug-likeness (QED) is 0.293. The molecule has 1 amide bonds. The number of amides is 1. The third-order valence-electron chi connectivity index (χ3n) is 7.26. The first kappa shape index (κ1) is 27.7. The molecule has 1 saturated heterocycles. The van der Waals surface area contributed by atoms with Gasteiger partial charge in [-0.25, -0.2) is 8.78 Å². The molecule has 3 heterocycles. The number of nitrogens with one attached hydrogen (secondary N) is 1. The van der Waals surface area contributed by atoms with Crippen molar-refractivity contribution in [1.82, 2.24) is 30.0 Å². The van der Waals surface area contributed by atoms with Crippen molar-refractivity contribution in [3.8, 4) is 17.1 Å². The molecule has 0 saturated carbocycles. The predicted octanol–water partition coefficient (Wildman–Crippen LogP) is 4.66. The Labute approximate surface area is 235 Å². The lowest BCUT2D eigenvalue weighted by atomic mass is 9.98. The third-order valence-corrected chi connectivity index (χ3v) is 7.56. The van der Waals surface area contributed by atoms with Gasteiger partial charge in [-0.15, -0.1) is 0 Å². The van der Waals surface area contributed by atoms with E-state index in [0.29, 0.717) is 61.4 Å². The molecule has 0 aliphatic carbocycles. The van der Waals surface area contributed by atoms with E-state index >= 15 is 8.78 Å². The van der Waals surface area contributed by atoms with Gasteiger partial charge in [-0.2, -0.15) is 15.1 Å². The van der Waals surface area contributed by atoms with Crippen LogP contribution >= 0.6 is 11.6 Å². The average Bonchev–Trinajstić information content (AvgIpc) is 3.45. The number of hydrogen-bond acceptors (Lipinski definition) is 7. The van der Waals surface area contributed by atoms with E-state index in [9.17, 15) is 4.79 Å². The van der Waals surface area contributed by atoms with Gasteiger partial charge in [0.1, 0.15) is 23.8 Å². The molecule has 2 aromatic heterocycles. The number of anilines is 1. The lowest BCUT2D eigenvalue weighted by molar-refractivity contribution is -0.126. The molecule has 1 aliphatic heterocycles. The number of benzene rings is 2. The van der Waals surface area contributed by atoms with Gasteiger partial charge in [0.15, 0.2) is 5.82 Å². The molecule has 1 N–H and O–H groups in total. The first-order chi connectivity index (χ1) is 19.4. The highest BCUT2D eigenvalue weighted by Gasteiger charge is 2.27. The second-order valence-corrected chi connectivity index (χ2v) is 9.83. The number of carbonyl (C=O) groups is 1. The zero-order valence-electron chi connectivity index (χ0n) is 22.4. The molecule has 2 aromatic carbocycles. The molecule has 0 bridgehead atoms. The maximum atomic E-state index is 16.4. The first-order valence-corrected chi connectivity index (χ1v) is 13.6. The van der Waals surface area contributed by atoms with E-state index in [0.717, 1.165) is 13.1 Å².